The molecule has 1 aromatic rings. The van der Waals surface area contributed by atoms with Crippen molar-refractivity contribution in [2.45, 2.75) is 88.0 Å². The molecule has 6 aliphatic heterocycles. The molecule has 2 bridgehead atoms. The standard InChI is InChI=1S/C29H37N3O5/c1-24(2)13-17-14-29-23(34)31(6)27(17,16-32(29)11-9-26(29,5)35)15-28(24)18-7-8-19-21(20(18)30-22(28)33)36-12-10-25(3,4)37-19/h7-8,10,12,17,35H,9,11,13-16H2,1-6H3,(H,30,33)/t17?,26-,27-,28-,29+/m1/s1. The first kappa shape index (κ1) is 23.5. The van der Waals surface area contributed by atoms with E-state index in [2.05, 4.69) is 24.1 Å². The fourth-order valence-electron chi connectivity index (χ4n) is 9.06. The van der Waals surface area contributed by atoms with Crippen molar-refractivity contribution in [3.05, 3.63) is 30.0 Å². The highest BCUT2D eigenvalue weighted by Crippen LogP contribution is 2.68. The van der Waals surface area contributed by atoms with E-state index in [-0.39, 0.29) is 23.1 Å². The number of piperazine rings is 1. The third kappa shape index (κ3) is 2.48. The molecule has 2 N–H and O–H groups in total. The molecule has 1 saturated carbocycles. The SMILES string of the molecule is CN1C(=O)[C@]23CC4CC(C)(C)[C@@]5(C[C@@]41CN2CC[C@@]3(C)O)C(=O)Nc1c5ccc2c1OC=CC(C)(C)O2. The molecule has 6 heterocycles. The van der Waals surface area contributed by atoms with Gasteiger partial charge < -0.3 is 24.8 Å². The Labute approximate surface area is 218 Å². The maximum absolute atomic E-state index is 14.2. The number of nitrogens with one attached hydrogen (secondary N) is 1. The van der Waals surface area contributed by atoms with Gasteiger partial charge in [-0.15, -0.1) is 0 Å². The molecule has 0 aromatic heterocycles. The van der Waals surface area contributed by atoms with Gasteiger partial charge in [-0.05, 0) is 75.5 Å². The maximum atomic E-state index is 14.2. The molecule has 8 nitrogen and oxygen atoms in total. The van der Waals surface area contributed by atoms with E-state index in [0.29, 0.717) is 49.5 Å². The molecule has 8 heteroatoms. The van der Waals surface area contributed by atoms with Crippen molar-refractivity contribution < 1.29 is 24.2 Å². The summed E-state index contributed by atoms with van der Waals surface area (Å²) in [6, 6.07) is 3.94. The van der Waals surface area contributed by atoms with Gasteiger partial charge in [0.15, 0.2) is 11.5 Å². The second-order valence-corrected chi connectivity index (χ2v) is 13.7. The zero-order chi connectivity index (χ0) is 26.4. The van der Waals surface area contributed by atoms with Crippen molar-refractivity contribution in [1.82, 2.24) is 9.80 Å². The zero-order valence-corrected chi connectivity index (χ0v) is 22.6. The van der Waals surface area contributed by atoms with E-state index >= 15 is 0 Å². The van der Waals surface area contributed by atoms with Gasteiger partial charge in [-0.2, -0.15) is 0 Å². The summed E-state index contributed by atoms with van der Waals surface area (Å²) in [5.74, 6) is 1.28. The third-order valence-electron chi connectivity index (χ3n) is 11.1. The average Bonchev–Trinajstić information content (AvgIpc) is 3.15. The number of nitrogens with zero attached hydrogens (tertiary/aromatic N) is 2. The molecular weight excluding hydrogens is 470 g/mol. The number of likely N-dealkylation sites (N-methyl/N-ethyl adjacent to an activating group) is 1. The van der Waals surface area contributed by atoms with E-state index in [4.69, 9.17) is 9.47 Å². The molecule has 5 atom stereocenters. The lowest BCUT2D eigenvalue weighted by Gasteiger charge is -2.71. The molecule has 37 heavy (non-hydrogen) atoms. The molecule has 1 unspecified atom stereocenters. The van der Waals surface area contributed by atoms with Gasteiger partial charge in [0, 0.05) is 20.1 Å². The van der Waals surface area contributed by atoms with Gasteiger partial charge in [0.1, 0.15) is 11.1 Å². The smallest absolute Gasteiger partial charge is 0.246 e. The van der Waals surface area contributed by atoms with E-state index in [1.807, 2.05) is 50.9 Å². The predicted octanol–water partition coefficient (Wildman–Crippen LogP) is 3.19. The Morgan fingerprint density at radius 2 is 1.86 bits per heavy atom. The first-order chi connectivity index (χ1) is 17.2. The number of fused-ring (bicyclic) bond motifs is 5. The number of piperidine rings is 2. The third-order valence-corrected chi connectivity index (χ3v) is 11.1. The monoisotopic (exact) mass is 507 g/mol. The van der Waals surface area contributed by atoms with Crippen LogP contribution in [0.4, 0.5) is 5.69 Å². The number of anilines is 1. The highest BCUT2D eigenvalue weighted by molar-refractivity contribution is 6.09. The van der Waals surface area contributed by atoms with Gasteiger partial charge in [0.05, 0.1) is 28.5 Å². The summed E-state index contributed by atoms with van der Waals surface area (Å²) in [6.07, 6.45) is 6.04. The fourth-order valence-corrected chi connectivity index (χ4v) is 9.06. The van der Waals surface area contributed by atoms with Crippen LogP contribution in [0.15, 0.2) is 24.5 Å². The molecule has 3 spiro atoms. The molecule has 4 saturated heterocycles. The minimum Gasteiger partial charge on any atom is -0.480 e. The summed E-state index contributed by atoms with van der Waals surface area (Å²) in [5, 5.41) is 14.6. The van der Waals surface area contributed by atoms with Gasteiger partial charge in [-0.25, -0.2) is 0 Å². The number of aliphatic hydroxyl groups is 1. The van der Waals surface area contributed by atoms with Crippen LogP contribution in [0.2, 0.25) is 0 Å². The number of benzene rings is 1. The lowest BCUT2D eigenvalue weighted by molar-refractivity contribution is -0.223. The summed E-state index contributed by atoms with van der Waals surface area (Å²) in [7, 11) is 1.89. The van der Waals surface area contributed by atoms with Crippen molar-refractivity contribution in [3.63, 3.8) is 0 Å². The van der Waals surface area contributed by atoms with Crippen molar-refractivity contribution >= 4 is 17.5 Å². The second-order valence-electron chi connectivity index (χ2n) is 13.7. The number of amides is 2. The van der Waals surface area contributed by atoms with Crippen molar-refractivity contribution in [1.29, 1.82) is 0 Å². The number of ether oxygens (including phenoxy) is 2. The van der Waals surface area contributed by atoms with Crippen LogP contribution in [0.1, 0.15) is 65.9 Å². The van der Waals surface area contributed by atoms with Crippen LogP contribution in [0.5, 0.6) is 11.5 Å². The predicted molar refractivity (Wildman–Crippen MR) is 137 cm³/mol. The molecule has 1 aliphatic carbocycles. The van der Waals surface area contributed by atoms with E-state index < -0.39 is 27.7 Å². The van der Waals surface area contributed by atoms with Crippen LogP contribution >= 0.6 is 0 Å². The van der Waals surface area contributed by atoms with Crippen LogP contribution in [0.25, 0.3) is 0 Å². The maximum Gasteiger partial charge on any atom is 0.246 e. The fraction of sp³-hybridized carbons (Fsp3) is 0.655. The number of hydrogen-bond acceptors (Lipinski definition) is 6. The molecule has 1 aromatic carbocycles. The minimum absolute atomic E-state index is 0.00276. The van der Waals surface area contributed by atoms with Crippen LogP contribution in [0.3, 0.4) is 0 Å². The lowest BCUT2D eigenvalue weighted by atomic mass is 9.44. The first-order valence-corrected chi connectivity index (χ1v) is 13.5. The van der Waals surface area contributed by atoms with Crippen LogP contribution < -0.4 is 14.8 Å². The molecule has 0 radical (unpaired) electrons. The minimum atomic E-state index is -1.06. The van der Waals surface area contributed by atoms with Crippen molar-refractivity contribution in [2.75, 3.05) is 25.5 Å². The molecule has 5 fully saturated rings. The van der Waals surface area contributed by atoms with Gasteiger partial charge in [-0.1, -0.05) is 19.9 Å². The summed E-state index contributed by atoms with van der Waals surface area (Å²) in [4.78, 5) is 32.4. The Bertz CT molecular complexity index is 1300. The Morgan fingerprint density at radius 3 is 2.62 bits per heavy atom. The van der Waals surface area contributed by atoms with Crippen LogP contribution in [0, 0.1) is 11.3 Å². The highest BCUT2D eigenvalue weighted by Gasteiger charge is 2.77. The van der Waals surface area contributed by atoms with Crippen LogP contribution in [-0.2, 0) is 15.0 Å². The molecule has 7 aliphatic rings. The average molecular weight is 508 g/mol. The van der Waals surface area contributed by atoms with Crippen molar-refractivity contribution in [3.8, 4) is 11.5 Å². The Morgan fingerprint density at radius 1 is 1.11 bits per heavy atom. The topological polar surface area (TPSA) is 91.3 Å². The summed E-state index contributed by atoms with van der Waals surface area (Å²) < 4.78 is 12.3. The molecular formula is C29H37N3O5. The van der Waals surface area contributed by atoms with Gasteiger partial charge in [-0.3, -0.25) is 14.5 Å². The van der Waals surface area contributed by atoms with E-state index in [0.717, 1.165) is 12.0 Å². The Hall–Kier alpha value is -2.58. The van der Waals surface area contributed by atoms with Crippen LogP contribution in [-0.4, -0.2) is 69.1 Å². The quantitative estimate of drug-likeness (QED) is 0.561. The normalized spacial score (nSPS) is 42.4. The number of rotatable bonds is 0. The van der Waals surface area contributed by atoms with E-state index in [9.17, 15) is 14.7 Å². The first-order valence-electron chi connectivity index (χ1n) is 13.5. The Kier molecular flexibility index (Phi) is 4.14. The van der Waals surface area contributed by atoms with Gasteiger partial charge in [0.25, 0.3) is 0 Å². The van der Waals surface area contributed by atoms with Crippen molar-refractivity contribution in [2.24, 2.45) is 11.3 Å². The largest absolute Gasteiger partial charge is 0.480 e. The van der Waals surface area contributed by atoms with E-state index in [1.165, 1.54) is 0 Å². The molecule has 8 rings (SSSR count). The van der Waals surface area contributed by atoms with Gasteiger partial charge in [0.2, 0.25) is 11.8 Å². The molecule has 2 amide bonds. The summed E-state index contributed by atoms with van der Waals surface area (Å²) in [5.41, 5.74) is -2.58. The zero-order valence-electron chi connectivity index (χ0n) is 22.6. The number of carbonyl (C=O) groups is 2. The summed E-state index contributed by atoms with van der Waals surface area (Å²) >= 11 is 0. The van der Waals surface area contributed by atoms with E-state index in [1.54, 1.807) is 6.26 Å². The lowest BCUT2D eigenvalue weighted by Crippen LogP contribution is -2.85. The Balaban J connectivity index is 1.39. The highest BCUT2D eigenvalue weighted by atomic mass is 16.5. The second kappa shape index (κ2) is 6.52. The number of carbonyl (C=O) groups excluding carboxylic acids is 2. The van der Waals surface area contributed by atoms with Gasteiger partial charge >= 0.3 is 0 Å². The molecule has 198 valence electrons. The summed E-state index contributed by atoms with van der Waals surface area (Å²) in [6.45, 7) is 11.5. The number of hydrogen-bond donors (Lipinski definition) is 2.